The number of nitrogens with one attached hydrogen (secondary N) is 1. The topological polar surface area (TPSA) is 88.2 Å². The monoisotopic (exact) mass is 371 g/mol. The van der Waals surface area contributed by atoms with Gasteiger partial charge in [0.2, 0.25) is 5.91 Å². The zero-order chi connectivity index (χ0) is 19.7. The lowest BCUT2D eigenvalue weighted by Crippen LogP contribution is -2.56. The maximum atomic E-state index is 12.6. The summed E-state index contributed by atoms with van der Waals surface area (Å²) in [7, 11) is 0. The average Bonchev–Trinajstić information content (AvgIpc) is 2.57. The van der Waals surface area contributed by atoms with Crippen LogP contribution in [0.2, 0.25) is 0 Å². The van der Waals surface area contributed by atoms with E-state index in [2.05, 4.69) is 5.32 Å². The molecule has 0 aromatic heterocycles. The fourth-order valence-corrected chi connectivity index (χ4v) is 2.51. The van der Waals surface area contributed by atoms with Gasteiger partial charge in [-0.05, 0) is 33.6 Å². The van der Waals surface area contributed by atoms with Crippen LogP contribution >= 0.6 is 0 Å². The lowest BCUT2D eigenvalue weighted by molar-refractivity contribution is -0.135. The van der Waals surface area contributed by atoms with E-state index in [9.17, 15) is 14.4 Å². The summed E-state index contributed by atoms with van der Waals surface area (Å²) in [5.74, 6) is -0.155. The summed E-state index contributed by atoms with van der Waals surface area (Å²) in [4.78, 5) is 39.8. The molecule has 0 bridgehead atoms. The molecule has 1 fully saturated rings. The third-order valence-corrected chi connectivity index (χ3v) is 3.97. The molecule has 1 N–H and O–H groups in total. The van der Waals surface area contributed by atoms with Gasteiger partial charge in [-0.15, -0.1) is 0 Å². The normalized spacial score (nSPS) is 16.0. The van der Waals surface area contributed by atoms with Gasteiger partial charge in [-0.1, -0.05) is 20.3 Å². The van der Waals surface area contributed by atoms with E-state index in [1.807, 2.05) is 13.8 Å². The third-order valence-electron chi connectivity index (χ3n) is 3.97. The highest BCUT2D eigenvalue weighted by molar-refractivity contribution is 5.86. The zero-order valence-corrected chi connectivity index (χ0v) is 16.7. The number of alkyl carbamates (subject to hydrolysis) is 1. The van der Waals surface area contributed by atoms with Crippen LogP contribution in [0.15, 0.2) is 0 Å². The van der Waals surface area contributed by atoms with Gasteiger partial charge in [-0.25, -0.2) is 9.59 Å². The maximum absolute atomic E-state index is 12.6. The maximum Gasteiger partial charge on any atom is 0.409 e. The first kappa shape index (κ1) is 22.1. The van der Waals surface area contributed by atoms with Crippen molar-refractivity contribution in [2.24, 2.45) is 0 Å². The second-order valence-electron chi connectivity index (χ2n) is 7.39. The van der Waals surface area contributed by atoms with Crippen molar-refractivity contribution in [3.05, 3.63) is 0 Å². The second kappa shape index (κ2) is 10.2. The van der Waals surface area contributed by atoms with Crippen molar-refractivity contribution in [1.29, 1.82) is 0 Å². The summed E-state index contributed by atoms with van der Waals surface area (Å²) < 4.78 is 10.4. The molecule has 0 aromatic carbocycles. The van der Waals surface area contributed by atoms with Crippen LogP contribution in [-0.4, -0.2) is 72.3 Å². The van der Waals surface area contributed by atoms with Crippen molar-refractivity contribution >= 4 is 18.1 Å². The molecule has 8 nitrogen and oxygen atoms in total. The Morgan fingerprint density at radius 1 is 1.04 bits per heavy atom. The lowest BCUT2D eigenvalue weighted by Gasteiger charge is -2.36. The number of amides is 3. The molecular weight excluding hydrogens is 338 g/mol. The minimum absolute atomic E-state index is 0.155. The molecule has 0 unspecified atom stereocenters. The summed E-state index contributed by atoms with van der Waals surface area (Å²) in [6, 6.07) is -0.632. The van der Waals surface area contributed by atoms with E-state index in [1.165, 1.54) is 0 Å². The Balaban J connectivity index is 2.47. The molecule has 26 heavy (non-hydrogen) atoms. The number of nitrogens with zero attached hydrogens (tertiary/aromatic N) is 2. The van der Waals surface area contributed by atoms with Gasteiger partial charge in [-0.2, -0.15) is 0 Å². The summed E-state index contributed by atoms with van der Waals surface area (Å²) in [6.45, 7) is 11.3. The van der Waals surface area contributed by atoms with Gasteiger partial charge in [0.25, 0.3) is 0 Å². The van der Waals surface area contributed by atoms with Crippen LogP contribution in [0.25, 0.3) is 0 Å². The van der Waals surface area contributed by atoms with Crippen LogP contribution in [0.3, 0.4) is 0 Å². The first-order valence-electron chi connectivity index (χ1n) is 9.38. The predicted molar refractivity (Wildman–Crippen MR) is 97.9 cm³/mol. The Morgan fingerprint density at radius 2 is 1.62 bits per heavy atom. The van der Waals surface area contributed by atoms with Gasteiger partial charge in [0.05, 0.1) is 6.61 Å². The van der Waals surface area contributed by atoms with E-state index in [0.29, 0.717) is 39.2 Å². The SMILES string of the molecule is CCCCOC(=O)N1CCN(C(=O)[C@H](CC)NC(=O)OC(C)(C)C)CC1. The first-order valence-corrected chi connectivity index (χ1v) is 9.38. The lowest BCUT2D eigenvalue weighted by atomic mass is 10.1. The van der Waals surface area contributed by atoms with E-state index in [4.69, 9.17) is 9.47 Å². The fourth-order valence-electron chi connectivity index (χ4n) is 2.51. The van der Waals surface area contributed by atoms with Crippen molar-refractivity contribution in [2.75, 3.05) is 32.8 Å². The van der Waals surface area contributed by atoms with Crippen LogP contribution in [0.4, 0.5) is 9.59 Å². The molecule has 1 aliphatic heterocycles. The zero-order valence-electron chi connectivity index (χ0n) is 16.7. The molecule has 0 aliphatic carbocycles. The number of piperazine rings is 1. The average molecular weight is 371 g/mol. The molecule has 1 rings (SSSR count). The summed E-state index contributed by atoms with van der Waals surface area (Å²) in [6.07, 6.45) is 1.36. The second-order valence-corrected chi connectivity index (χ2v) is 7.39. The predicted octanol–water partition coefficient (Wildman–Crippen LogP) is 2.37. The van der Waals surface area contributed by atoms with Gasteiger partial charge in [-0.3, -0.25) is 4.79 Å². The number of carbonyl (C=O) groups excluding carboxylic acids is 3. The van der Waals surface area contributed by atoms with Crippen molar-refractivity contribution in [3.63, 3.8) is 0 Å². The fraction of sp³-hybridized carbons (Fsp3) is 0.833. The minimum atomic E-state index is -0.632. The van der Waals surface area contributed by atoms with Crippen molar-refractivity contribution in [2.45, 2.75) is 65.5 Å². The number of ether oxygens (including phenoxy) is 2. The molecule has 150 valence electrons. The minimum Gasteiger partial charge on any atom is -0.449 e. The van der Waals surface area contributed by atoms with Crippen molar-refractivity contribution in [3.8, 4) is 0 Å². The van der Waals surface area contributed by atoms with Crippen LogP contribution in [0, 0.1) is 0 Å². The Bertz CT molecular complexity index is 482. The highest BCUT2D eigenvalue weighted by atomic mass is 16.6. The van der Waals surface area contributed by atoms with E-state index < -0.39 is 17.7 Å². The molecule has 8 heteroatoms. The molecule has 1 saturated heterocycles. The van der Waals surface area contributed by atoms with Gasteiger partial charge < -0.3 is 24.6 Å². The smallest absolute Gasteiger partial charge is 0.409 e. The molecule has 1 atom stereocenters. The van der Waals surface area contributed by atoms with Crippen molar-refractivity contribution in [1.82, 2.24) is 15.1 Å². The number of rotatable bonds is 6. The Morgan fingerprint density at radius 3 is 2.12 bits per heavy atom. The highest BCUT2D eigenvalue weighted by Gasteiger charge is 2.30. The molecule has 0 radical (unpaired) electrons. The summed E-state index contributed by atoms with van der Waals surface area (Å²) >= 11 is 0. The van der Waals surface area contributed by atoms with Crippen molar-refractivity contribution < 1.29 is 23.9 Å². The number of unbranched alkanes of at least 4 members (excludes halogenated alkanes) is 1. The largest absolute Gasteiger partial charge is 0.449 e. The van der Waals surface area contributed by atoms with Gasteiger partial charge >= 0.3 is 12.2 Å². The van der Waals surface area contributed by atoms with E-state index in [1.54, 1.807) is 30.6 Å². The van der Waals surface area contributed by atoms with Gasteiger partial charge in [0.1, 0.15) is 11.6 Å². The molecule has 1 heterocycles. The summed E-state index contributed by atoms with van der Waals surface area (Å²) in [5, 5.41) is 2.63. The summed E-state index contributed by atoms with van der Waals surface area (Å²) in [5.41, 5.74) is -0.616. The van der Waals surface area contributed by atoms with E-state index in [0.717, 1.165) is 12.8 Å². The highest BCUT2D eigenvalue weighted by Crippen LogP contribution is 2.10. The van der Waals surface area contributed by atoms with Crippen LogP contribution < -0.4 is 5.32 Å². The Labute approximate surface area is 156 Å². The van der Waals surface area contributed by atoms with Crippen LogP contribution in [0.1, 0.15) is 53.9 Å². The molecular formula is C18H33N3O5. The van der Waals surface area contributed by atoms with Gasteiger partial charge in [0.15, 0.2) is 0 Å². The molecule has 1 aliphatic rings. The first-order chi connectivity index (χ1) is 12.2. The van der Waals surface area contributed by atoms with Gasteiger partial charge in [0, 0.05) is 26.2 Å². The Kier molecular flexibility index (Phi) is 8.68. The number of carbonyl (C=O) groups is 3. The molecule has 0 saturated carbocycles. The van der Waals surface area contributed by atoms with E-state index >= 15 is 0 Å². The molecule has 0 aromatic rings. The molecule has 3 amide bonds. The standard InChI is InChI=1S/C18H33N3O5/c1-6-8-13-25-17(24)21-11-9-20(10-12-21)15(22)14(7-2)19-16(23)26-18(3,4)5/h14H,6-13H2,1-5H3,(H,19,23)/t14-/m0/s1. The third kappa shape index (κ3) is 7.49. The van der Waals surface area contributed by atoms with Crippen LogP contribution in [-0.2, 0) is 14.3 Å². The Hall–Kier alpha value is -1.99. The number of hydrogen-bond acceptors (Lipinski definition) is 5. The van der Waals surface area contributed by atoms with Crippen LogP contribution in [0.5, 0.6) is 0 Å². The van der Waals surface area contributed by atoms with E-state index in [-0.39, 0.29) is 12.0 Å². The number of hydrogen-bond donors (Lipinski definition) is 1. The molecule has 0 spiro atoms. The quantitative estimate of drug-likeness (QED) is 0.724.